The molecule has 3 unspecified atom stereocenters. The van der Waals surface area contributed by atoms with Crippen LogP contribution in [-0.4, -0.2) is 10.5 Å². The van der Waals surface area contributed by atoms with Gasteiger partial charge in [0, 0.05) is 30.6 Å². The average Bonchev–Trinajstić information content (AvgIpc) is 2.04. The molecule has 1 aliphatic rings. The predicted molar refractivity (Wildman–Crippen MR) is 50.7 cm³/mol. The van der Waals surface area contributed by atoms with E-state index in [0.717, 1.165) is 6.42 Å². The van der Waals surface area contributed by atoms with Gasteiger partial charge < -0.3 is 0 Å². The van der Waals surface area contributed by atoms with Gasteiger partial charge in [0.15, 0.2) is 0 Å². The quantitative estimate of drug-likeness (QED) is 0.353. The van der Waals surface area contributed by atoms with Crippen molar-refractivity contribution in [2.45, 2.75) is 38.6 Å². The summed E-state index contributed by atoms with van der Waals surface area (Å²) in [7, 11) is 0. The largest absolute Gasteiger partial charge is 0.264 e. The van der Waals surface area contributed by atoms with Crippen LogP contribution in [0.4, 0.5) is 0 Å². The lowest BCUT2D eigenvalue weighted by atomic mass is 9.72. The third-order valence-corrected chi connectivity index (χ3v) is 3.10. The Morgan fingerprint density at radius 1 is 1.69 bits per heavy atom. The van der Waals surface area contributed by atoms with E-state index in [1.54, 1.807) is 6.92 Å². The highest BCUT2D eigenvalue weighted by Gasteiger charge is 2.44. The van der Waals surface area contributed by atoms with Crippen molar-refractivity contribution in [1.29, 1.82) is 0 Å². The molecule has 1 saturated carbocycles. The van der Waals surface area contributed by atoms with E-state index in [1.807, 2.05) is 6.92 Å². The highest BCUT2D eigenvalue weighted by molar-refractivity contribution is 5.00. The van der Waals surface area contributed by atoms with Crippen LogP contribution in [0.3, 0.4) is 0 Å². The molecular weight excluding hydrogens is 166 g/mol. The average molecular weight is 181 g/mol. The second-order valence-corrected chi connectivity index (χ2v) is 4.25. The molecule has 1 aliphatic carbocycles. The highest BCUT2D eigenvalue weighted by atomic mass is 16.6. The van der Waals surface area contributed by atoms with Crippen LogP contribution in [0.5, 0.6) is 0 Å². The smallest absolute Gasteiger partial charge is 0.219 e. The molecule has 0 amide bonds. The van der Waals surface area contributed by atoms with Gasteiger partial charge >= 0.3 is 0 Å². The Hall–Kier alpha value is -1.04. The van der Waals surface area contributed by atoms with Crippen LogP contribution in [0.1, 0.15) is 33.1 Å². The molecule has 0 bridgehead atoms. The molecule has 0 aromatic heterocycles. The third-order valence-electron chi connectivity index (χ3n) is 3.10. The van der Waals surface area contributed by atoms with Crippen LogP contribution in [0.15, 0.2) is 0 Å². The maximum atomic E-state index is 10.8. The van der Waals surface area contributed by atoms with Crippen LogP contribution in [0, 0.1) is 34.3 Å². The minimum Gasteiger partial charge on any atom is -0.264 e. The summed E-state index contributed by atoms with van der Waals surface area (Å²) in [6, 6.07) is 0. The zero-order valence-electron chi connectivity index (χ0n) is 8.12. The van der Waals surface area contributed by atoms with Gasteiger partial charge in [0.05, 0.1) is 0 Å². The van der Waals surface area contributed by atoms with Crippen LogP contribution in [-0.2, 0) is 0 Å². The van der Waals surface area contributed by atoms with E-state index >= 15 is 0 Å². The first kappa shape index (κ1) is 10.0. The fourth-order valence-electron chi connectivity index (χ4n) is 2.10. The first-order chi connectivity index (χ1) is 5.99. The first-order valence-corrected chi connectivity index (χ1v) is 4.60. The van der Waals surface area contributed by atoms with Gasteiger partial charge in [-0.2, -0.15) is 0 Å². The van der Waals surface area contributed by atoms with Crippen molar-refractivity contribution < 1.29 is 4.92 Å². The SMILES string of the molecule is C#CC1CCC(C)([N+](=O)[O-])CC1C. The third kappa shape index (κ3) is 1.82. The molecule has 3 atom stereocenters. The van der Waals surface area contributed by atoms with Gasteiger partial charge in [-0.15, -0.1) is 12.3 Å². The van der Waals surface area contributed by atoms with Gasteiger partial charge in [0.25, 0.3) is 0 Å². The van der Waals surface area contributed by atoms with Gasteiger partial charge in [-0.25, -0.2) is 0 Å². The summed E-state index contributed by atoms with van der Waals surface area (Å²) >= 11 is 0. The Balaban J connectivity index is 2.71. The Labute approximate surface area is 78.7 Å². The fourth-order valence-corrected chi connectivity index (χ4v) is 2.10. The number of terminal acetylenes is 1. The summed E-state index contributed by atoms with van der Waals surface area (Å²) in [6.07, 6.45) is 7.34. The molecule has 1 fully saturated rings. The van der Waals surface area contributed by atoms with Crippen LogP contribution in [0.25, 0.3) is 0 Å². The van der Waals surface area contributed by atoms with Crippen molar-refractivity contribution in [3.63, 3.8) is 0 Å². The summed E-state index contributed by atoms with van der Waals surface area (Å²) in [5.41, 5.74) is -0.743. The Morgan fingerprint density at radius 2 is 2.31 bits per heavy atom. The number of hydrogen-bond donors (Lipinski definition) is 0. The molecule has 0 N–H and O–H groups in total. The van der Waals surface area contributed by atoms with Crippen LogP contribution >= 0.6 is 0 Å². The fraction of sp³-hybridized carbons (Fsp3) is 0.800. The van der Waals surface area contributed by atoms with Crippen molar-refractivity contribution in [2.75, 3.05) is 0 Å². The minimum absolute atomic E-state index is 0.157. The van der Waals surface area contributed by atoms with Gasteiger partial charge in [-0.3, -0.25) is 10.1 Å². The summed E-state index contributed by atoms with van der Waals surface area (Å²) < 4.78 is 0. The Kier molecular flexibility index (Phi) is 2.60. The summed E-state index contributed by atoms with van der Waals surface area (Å²) in [6.45, 7) is 3.72. The zero-order chi connectivity index (χ0) is 10.1. The minimum atomic E-state index is -0.743. The summed E-state index contributed by atoms with van der Waals surface area (Å²) in [4.78, 5) is 10.6. The lowest BCUT2D eigenvalue weighted by Crippen LogP contribution is -2.42. The standard InChI is InChI=1S/C10H15NO2/c1-4-9-5-6-10(3,11(12)13)7-8(9)2/h1,8-9H,5-7H2,2-3H3. The van der Waals surface area contributed by atoms with E-state index in [0.29, 0.717) is 12.8 Å². The molecule has 0 saturated heterocycles. The molecular formula is C10H15NO2. The number of nitro groups is 1. The molecule has 0 aromatic rings. The number of rotatable bonds is 1. The molecule has 13 heavy (non-hydrogen) atoms. The highest BCUT2D eigenvalue weighted by Crippen LogP contribution is 2.37. The normalized spacial score (nSPS) is 39.5. The molecule has 3 nitrogen and oxygen atoms in total. The summed E-state index contributed by atoms with van der Waals surface area (Å²) in [5, 5.41) is 10.8. The Bertz CT molecular complexity index is 256. The molecule has 0 aromatic carbocycles. The van der Waals surface area contributed by atoms with Crippen molar-refractivity contribution in [1.82, 2.24) is 0 Å². The number of nitrogens with zero attached hydrogens (tertiary/aromatic N) is 1. The Morgan fingerprint density at radius 3 is 2.69 bits per heavy atom. The first-order valence-electron chi connectivity index (χ1n) is 4.60. The van der Waals surface area contributed by atoms with Gasteiger partial charge in [-0.1, -0.05) is 6.92 Å². The van der Waals surface area contributed by atoms with Gasteiger partial charge in [0.2, 0.25) is 5.54 Å². The second kappa shape index (κ2) is 3.37. The van der Waals surface area contributed by atoms with Crippen LogP contribution < -0.4 is 0 Å². The van der Waals surface area contributed by atoms with Crippen LogP contribution in [0.2, 0.25) is 0 Å². The molecule has 72 valence electrons. The summed E-state index contributed by atoms with van der Waals surface area (Å²) in [5.74, 6) is 3.21. The molecule has 0 aliphatic heterocycles. The molecule has 0 radical (unpaired) electrons. The lowest BCUT2D eigenvalue weighted by molar-refractivity contribution is -0.572. The van der Waals surface area contributed by atoms with Crippen molar-refractivity contribution in [3.8, 4) is 12.3 Å². The van der Waals surface area contributed by atoms with E-state index in [2.05, 4.69) is 5.92 Å². The van der Waals surface area contributed by atoms with E-state index in [4.69, 9.17) is 6.42 Å². The van der Waals surface area contributed by atoms with E-state index < -0.39 is 5.54 Å². The maximum Gasteiger partial charge on any atom is 0.219 e. The monoisotopic (exact) mass is 181 g/mol. The molecule has 1 rings (SSSR count). The van der Waals surface area contributed by atoms with Crippen molar-refractivity contribution in [2.24, 2.45) is 11.8 Å². The second-order valence-electron chi connectivity index (χ2n) is 4.25. The van der Waals surface area contributed by atoms with Crippen molar-refractivity contribution >= 4 is 0 Å². The predicted octanol–water partition coefficient (Wildman–Crippen LogP) is 2.09. The van der Waals surface area contributed by atoms with Gasteiger partial charge in [0.1, 0.15) is 0 Å². The lowest BCUT2D eigenvalue weighted by Gasteiger charge is -2.33. The number of hydrogen-bond acceptors (Lipinski definition) is 2. The van der Waals surface area contributed by atoms with Gasteiger partial charge in [-0.05, 0) is 12.3 Å². The van der Waals surface area contributed by atoms with E-state index in [9.17, 15) is 10.1 Å². The maximum absolute atomic E-state index is 10.8. The topological polar surface area (TPSA) is 43.1 Å². The van der Waals surface area contributed by atoms with E-state index in [-0.39, 0.29) is 16.8 Å². The van der Waals surface area contributed by atoms with Crippen molar-refractivity contribution in [3.05, 3.63) is 10.1 Å². The molecule has 0 spiro atoms. The zero-order valence-corrected chi connectivity index (χ0v) is 8.12. The van der Waals surface area contributed by atoms with E-state index in [1.165, 1.54) is 0 Å². The molecule has 0 heterocycles. The molecule has 3 heteroatoms.